The highest BCUT2D eigenvalue weighted by Crippen LogP contribution is 2.38. The number of anilines is 1. The number of nitrogens with one attached hydrogen (secondary N) is 1. The Hall–Kier alpha value is -2.47. The molecule has 1 N–H and O–H groups in total. The number of nitrogens with zero attached hydrogens (tertiary/aromatic N) is 2. The Morgan fingerprint density at radius 3 is 2.75 bits per heavy atom. The van der Waals surface area contributed by atoms with E-state index in [2.05, 4.69) is 10.3 Å². The number of aromatic nitrogens is 1. The van der Waals surface area contributed by atoms with E-state index in [4.69, 9.17) is 9.47 Å². The van der Waals surface area contributed by atoms with E-state index in [1.807, 2.05) is 35.8 Å². The zero-order valence-electron chi connectivity index (χ0n) is 20.3. The van der Waals surface area contributed by atoms with Gasteiger partial charge in [-0.2, -0.15) is 4.99 Å². The zero-order chi connectivity index (χ0) is 25.5. The second-order valence-electron chi connectivity index (χ2n) is 8.15. The molecule has 11 heteroatoms. The summed E-state index contributed by atoms with van der Waals surface area (Å²) < 4.78 is 13.5. The number of thiazole rings is 1. The Balaban J connectivity index is 1.39. The van der Waals surface area contributed by atoms with Gasteiger partial charge in [0.05, 0.1) is 41.0 Å². The van der Waals surface area contributed by atoms with Crippen molar-refractivity contribution < 1.29 is 23.9 Å². The predicted molar refractivity (Wildman–Crippen MR) is 145 cm³/mol. The van der Waals surface area contributed by atoms with E-state index in [0.29, 0.717) is 35.1 Å². The van der Waals surface area contributed by atoms with Gasteiger partial charge in [0, 0.05) is 18.0 Å². The van der Waals surface area contributed by atoms with Gasteiger partial charge >= 0.3 is 5.97 Å². The first-order valence-corrected chi connectivity index (χ1v) is 14.6. The van der Waals surface area contributed by atoms with Crippen LogP contribution < -0.4 is 10.1 Å². The highest BCUT2D eigenvalue weighted by Gasteiger charge is 2.26. The normalized spacial score (nSPS) is 13.6. The summed E-state index contributed by atoms with van der Waals surface area (Å²) in [5.41, 5.74) is 2.49. The molecule has 36 heavy (non-hydrogen) atoms. The van der Waals surface area contributed by atoms with Crippen LogP contribution in [0.3, 0.4) is 0 Å². The molecule has 0 unspecified atom stereocenters. The lowest BCUT2D eigenvalue weighted by Gasteiger charge is -2.11. The van der Waals surface area contributed by atoms with Crippen molar-refractivity contribution in [2.24, 2.45) is 4.99 Å². The standard InChI is InChI=1S/C25H29N3O5S3/c1-3-33-13-12-28-17-9-5-7-11-19(17)36-25(28)27-21(30)15-34-14-20(29)26-23-22(24(31)32-2)16-8-4-6-10-18(16)35-23/h5,7,9,11H,3-4,6,8,10,12-15H2,1-2H3,(H,26,29). The minimum atomic E-state index is -0.424. The number of carbonyl (C=O) groups is 3. The van der Waals surface area contributed by atoms with Crippen LogP contribution in [-0.4, -0.2) is 54.2 Å². The van der Waals surface area contributed by atoms with E-state index in [-0.39, 0.29) is 23.3 Å². The predicted octanol–water partition coefficient (Wildman–Crippen LogP) is 4.27. The fraction of sp³-hybridized carbons (Fsp3) is 0.440. The second kappa shape index (κ2) is 12.7. The van der Waals surface area contributed by atoms with Crippen LogP contribution in [0, 0.1) is 0 Å². The number of esters is 1. The number of thiophene rings is 1. The lowest BCUT2D eigenvalue weighted by Crippen LogP contribution is -2.20. The van der Waals surface area contributed by atoms with Crippen LogP contribution in [0.1, 0.15) is 40.6 Å². The maximum atomic E-state index is 12.6. The summed E-state index contributed by atoms with van der Waals surface area (Å²) in [5.74, 6) is -0.817. The van der Waals surface area contributed by atoms with Crippen molar-refractivity contribution in [1.29, 1.82) is 0 Å². The lowest BCUT2D eigenvalue weighted by atomic mass is 9.95. The first-order valence-electron chi connectivity index (χ1n) is 11.9. The fourth-order valence-electron chi connectivity index (χ4n) is 4.13. The third-order valence-corrected chi connectivity index (χ3v) is 8.93. The molecule has 0 saturated heterocycles. The number of para-hydroxylation sites is 1. The van der Waals surface area contributed by atoms with Crippen LogP contribution in [0.5, 0.6) is 0 Å². The number of rotatable bonds is 10. The molecule has 4 rings (SSSR count). The number of thioether (sulfide) groups is 1. The van der Waals surface area contributed by atoms with E-state index in [1.54, 1.807) is 0 Å². The molecule has 2 heterocycles. The summed E-state index contributed by atoms with van der Waals surface area (Å²) in [6.07, 6.45) is 3.83. The van der Waals surface area contributed by atoms with Gasteiger partial charge in [0.1, 0.15) is 5.00 Å². The topological polar surface area (TPSA) is 99.0 Å². The van der Waals surface area contributed by atoms with Crippen LogP contribution in [-0.2, 0) is 38.4 Å². The summed E-state index contributed by atoms with van der Waals surface area (Å²) in [7, 11) is 1.35. The molecule has 8 nitrogen and oxygen atoms in total. The molecule has 1 aliphatic rings. The van der Waals surface area contributed by atoms with Gasteiger partial charge in [-0.3, -0.25) is 9.59 Å². The number of fused-ring (bicyclic) bond motifs is 2. The van der Waals surface area contributed by atoms with E-state index in [0.717, 1.165) is 46.3 Å². The average Bonchev–Trinajstić information content (AvgIpc) is 3.41. The van der Waals surface area contributed by atoms with Crippen LogP contribution in [0.4, 0.5) is 5.00 Å². The third kappa shape index (κ3) is 6.26. The molecule has 0 radical (unpaired) electrons. The Bertz CT molecular complexity index is 1320. The molecule has 192 valence electrons. The molecule has 2 aromatic heterocycles. The molecule has 2 amide bonds. The maximum Gasteiger partial charge on any atom is 0.341 e. The van der Waals surface area contributed by atoms with Crippen LogP contribution in [0.15, 0.2) is 29.3 Å². The number of hydrogen-bond donors (Lipinski definition) is 1. The first kappa shape index (κ1) is 26.6. The van der Waals surface area contributed by atoms with Crippen molar-refractivity contribution in [2.75, 3.05) is 37.1 Å². The van der Waals surface area contributed by atoms with E-state index < -0.39 is 5.97 Å². The van der Waals surface area contributed by atoms with Crippen molar-refractivity contribution in [3.8, 4) is 0 Å². The maximum absolute atomic E-state index is 12.6. The number of carbonyl (C=O) groups excluding carboxylic acids is 3. The highest BCUT2D eigenvalue weighted by atomic mass is 32.2. The van der Waals surface area contributed by atoms with E-state index >= 15 is 0 Å². The monoisotopic (exact) mass is 547 g/mol. The average molecular weight is 548 g/mol. The number of benzene rings is 1. The molecule has 1 aromatic carbocycles. The van der Waals surface area contributed by atoms with Crippen molar-refractivity contribution in [3.05, 3.63) is 45.1 Å². The summed E-state index contributed by atoms with van der Waals surface area (Å²) in [6, 6.07) is 7.93. The molecule has 3 aromatic rings. The van der Waals surface area contributed by atoms with Crippen LogP contribution in [0.25, 0.3) is 10.2 Å². The van der Waals surface area contributed by atoms with Crippen molar-refractivity contribution >= 4 is 67.4 Å². The van der Waals surface area contributed by atoms with Gasteiger partial charge in [0.15, 0.2) is 4.80 Å². The van der Waals surface area contributed by atoms with Crippen LogP contribution in [0.2, 0.25) is 0 Å². The molecule has 1 aliphatic carbocycles. The second-order valence-corrected chi connectivity index (χ2v) is 11.3. The molecular formula is C25H29N3O5S3. The van der Waals surface area contributed by atoms with Crippen molar-refractivity contribution in [3.63, 3.8) is 0 Å². The summed E-state index contributed by atoms with van der Waals surface area (Å²) >= 11 is 4.11. The van der Waals surface area contributed by atoms with Gasteiger partial charge < -0.3 is 19.4 Å². The Morgan fingerprint density at radius 1 is 1.14 bits per heavy atom. The molecule has 0 saturated carbocycles. The van der Waals surface area contributed by atoms with Gasteiger partial charge in [0.2, 0.25) is 5.91 Å². The number of amides is 2. The molecule has 0 atom stereocenters. The van der Waals surface area contributed by atoms with Gasteiger partial charge in [-0.25, -0.2) is 4.79 Å². The van der Waals surface area contributed by atoms with E-state index in [9.17, 15) is 14.4 Å². The molecule has 0 bridgehead atoms. The van der Waals surface area contributed by atoms with Crippen molar-refractivity contribution in [1.82, 2.24) is 4.57 Å². The lowest BCUT2D eigenvalue weighted by molar-refractivity contribution is -0.115. The van der Waals surface area contributed by atoms with E-state index in [1.165, 1.54) is 41.5 Å². The van der Waals surface area contributed by atoms with Gasteiger partial charge in [-0.05, 0) is 50.3 Å². The van der Waals surface area contributed by atoms with Gasteiger partial charge in [-0.15, -0.1) is 23.1 Å². The zero-order valence-corrected chi connectivity index (χ0v) is 22.8. The van der Waals surface area contributed by atoms with Crippen molar-refractivity contribution in [2.45, 2.75) is 39.2 Å². The molecule has 0 fully saturated rings. The number of methoxy groups -OCH3 is 1. The Morgan fingerprint density at radius 2 is 1.94 bits per heavy atom. The number of aryl methyl sites for hydroxylation is 1. The molecular weight excluding hydrogens is 518 g/mol. The minimum Gasteiger partial charge on any atom is -0.465 e. The van der Waals surface area contributed by atoms with Crippen LogP contribution >= 0.6 is 34.4 Å². The smallest absolute Gasteiger partial charge is 0.341 e. The summed E-state index contributed by atoms with van der Waals surface area (Å²) in [4.78, 5) is 43.7. The largest absolute Gasteiger partial charge is 0.465 e. The Labute approximate surface area is 221 Å². The number of hydrogen-bond acceptors (Lipinski definition) is 8. The summed E-state index contributed by atoms with van der Waals surface area (Å²) in [5, 5.41) is 3.40. The highest BCUT2D eigenvalue weighted by molar-refractivity contribution is 8.00. The third-order valence-electron chi connectivity index (χ3n) is 5.74. The minimum absolute atomic E-state index is 0.0813. The van der Waals surface area contributed by atoms with Gasteiger partial charge in [0.25, 0.3) is 5.91 Å². The quantitative estimate of drug-likeness (QED) is 0.301. The molecule has 0 spiro atoms. The fourth-order valence-corrected chi connectivity index (χ4v) is 7.09. The SMILES string of the molecule is CCOCCn1c(=NC(=O)CSCC(=O)Nc2sc3c(c2C(=O)OC)CCCC3)sc2ccccc21. The molecule has 0 aliphatic heterocycles. The summed E-state index contributed by atoms with van der Waals surface area (Å²) in [6.45, 7) is 3.71. The first-order chi connectivity index (χ1) is 17.5. The number of ether oxygens (including phenoxy) is 2. The Kier molecular flexibility index (Phi) is 9.35. The van der Waals surface area contributed by atoms with Gasteiger partial charge in [-0.1, -0.05) is 23.5 Å².